The van der Waals surface area contributed by atoms with Gasteiger partial charge in [-0.1, -0.05) is 15.9 Å². The Hall–Kier alpha value is -0.430. The molecule has 4 nitrogen and oxygen atoms in total. The molecule has 0 aliphatic carbocycles. The van der Waals surface area contributed by atoms with Crippen LogP contribution in [0.1, 0.15) is 5.56 Å². The standard InChI is InChI=1S/C13H16Br2N2O2/c14-11-7-10(13(18)12(15)8-11)9-16-1-2-17-3-5-19-6-4-17/h7-9,18H,1-6H2/p+1. The van der Waals surface area contributed by atoms with Gasteiger partial charge in [0.2, 0.25) is 0 Å². The van der Waals surface area contributed by atoms with E-state index in [-0.39, 0.29) is 5.75 Å². The first kappa shape index (κ1) is 15.0. The van der Waals surface area contributed by atoms with Crippen molar-refractivity contribution in [3.8, 4) is 5.75 Å². The number of aliphatic imine (C=N–C) groups is 1. The Morgan fingerprint density at radius 2 is 2.05 bits per heavy atom. The van der Waals surface area contributed by atoms with Crippen molar-refractivity contribution in [3.63, 3.8) is 0 Å². The second kappa shape index (κ2) is 7.38. The van der Waals surface area contributed by atoms with E-state index in [4.69, 9.17) is 4.74 Å². The first-order valence-electron chi connectivity index (χ1n) is 6.26. The van der Waals surface area contributed by atoms with Crippen molar-refractivity contribution in [1.82, 2.24) is 0 Å². The monoisotopic (exact) mass is 391 g/mol. The SMILES string of the molecule is Oc1c(Br)cc(Br)cc1C=NCC[NH+]1CCOCC1. The molecule has 1 saturated heterocycles. The Balaban J connectivity index is 1.88. The molecule has 104 valence electrons. The maximum Gasteiger partial charge on any atom is 0.138 e. The molecular formula is C13H17Br2N2O2+. The minimum atomic E-state index is 0.227. The zero-order valence-electron chi connectivity index (χ0n) is 10.5. The van der Waals surface area contributed by atoms with E-state index in [0.717, 1.165) is 49.4 Å². The third kappa shape index (κ3) is 4.56. The van der Waals surface area contributed by atoms with E-state index in [0.29, 0.717) is 4.47 Å². The van der Waals surface area contributed by atoms with Gasteiger partial charge in [0.1, 0.15) is 18.8 Å². The number of nitrogens with zero attached hydrogens (tertiary/aromatic N) is 1. The van der Waals surface area contributed by atoms with Crippen molar-refractivity contribution >= 4 is 38.1 Å². The molecule has 1 aliphatic rings. The van der Waals surface area contributed by atoms with Gasteiger partial charge in [-0.15, -0.1) is 0 Å². The van der Waals surface area contributed by atoms with Crippen LogP contribution in [0.25, 0.3) is 0 Å². The van der Waals surface area contributed by atoms with Crippen LogP contribution in [0.3, 0.4) is 0 Å². The molecule has 0 spiro atoms. The van der Waals surface area contributed by atoms with E-state index in [9.17, 15) is 5.11 Å². The van der Waals surface area contributed by atoms with Crippen LogP contribution in [0.4, 0.5) is 0 Å². The van der Waals surface area contributed by atoms with E-state index in [2.05, 4.69) is 36.9 Å². The lowest BCUT2D eigenvalue weighted by molar-refractivity contribution is -0.906. The molecule has 0 radical (unpaired) electrons. The zero-order chi connectivity index (χ0) is 13.7. The first-order chi connectivity index (χ1) is 9.16. The van der Waals surface area contributed by atoms with Gasteiger partial charge >= 0.3 is 0 Å². The summed E-state index contributed by atoms with van der Waals surface area (Å²) in [5.41, 5.74) is 0.721. The molecule has 0 atom stereocenters. The molecule has 1 aliphatic heterocycles. The van der Waals surface area contributed by atoms with Crippen LogP contribution in [0.2, 0.25) is 0 Å². The molecule has 1 aromatic rings. The lowest BCUT2D eigenvalue weighted by atomic mass is 10.2. The highest BCUT2D eigenvalue weighted by molar-refractivity contribution is 9.11. The maximum absolute atomic E-state index is 9.89. The van der Waals surface area contributed by atoms with Crippen molar-refractivity contribution in [2.75, 3.05) is 39.4 Å². The first-order valence-corrected chi connectivity index (χ1v) is 7.84. The smallest absolute Gasteiger partial charge is 0.138 e. The van der Waals surface area contributed by atoms with Gasteiger partial charge in [0, 0.05) is 16.3 Å². The van der Waals surface area contributed by atoms with E-state index >= 15 is 0 Å². The normalized spacial score (nSPS) is 17.2. The molecule has 0 amide bonds. The highest BCUT2D eigenvalue weighted by atomic mass is 79.9. The average molecular weight is 393 g/mol. The summed E-state index contributed by atoms with van der Waals surface area (Å²) in [5.74, 6) is 0.227. The molecular weight excluding hydrogens is 376 g/mol. The van der Waals surface area contributed by atoms with Crippen LogP contribution in [-0.4, -0.2) is 50.7 Å². The Kier molecular flexibility index (Phi) is 5.81. The van der Waals surface area contributed by atoms with Gasteiger partial charge < -0.3 is 14.7 Å². The topological polar surface area (TPSA) is 46.3 Å². The van der Waals surface area contributed by atoms with E-state index in [1.807, 2.05) is 12.1 Å². The molecule has 19 heavy (non-hydrogen) atoms. The van der Waals surface area contributed by atoms with Crippen molar-refractivity contribution in [1.29, 1.82) is 0 Å². The number of benzene rings is 1. The van der Waals surface area contributed by atoms with Crippen molar-refractivity contribution in [2.24, 2.45) is 4.99 Å². The average Bonchev–Trinajstić information content (AvgIpc) is 2.41. The van der Waals surface area contributed by atoms with E-state index in [1.165, 1.54) is 4.90 Å². The van der Waals surface area contributed by atoms with Gasteiger partial charge in [-0.25, -0.2) is 0 Å². The van der Waals surface area contributed by atoms with Gasteiger partial charge in [-0.2, -0.15) is 0 Å². The lowest BCUT2D eigenvalue weighted by Gasteiger charge is -2.22. The molecule has 6 heteroatoms. The Labute approximate surface area is 129 Å². The summed E-state index contributed by atoms with van der Waals surface area (Å²) >= 11 is 6.71. The largest absolute Gasteiger partial charge is 0.506 e. The molecule has 2 N–H and O–H groups in total. The summed E-state index contributed by atoms with van der Waals surface area (Å²) in [6.45, 7) is 5.58. The molecule has 1 aromatic carbocycles. The second-order valence-corrected chi connectivity index (χ2v) is 6.24. The van der Waals surface area contributed by atoms with Gasteiger partial charge in [0.05, 0.1) is 30.8 Å². The molecule has 0 unspecified atom stereocenters. The highest BCUT2D eigenvalue weighted by Crippen LogP contribution is 2.30. The summed E-state index contributed by atoms with van der Waals surface area (Å²) < 4.78 is 6.90. The number of phenolic OH excluding ortho intramolecular Hbond substituents is 1. The summed E-state index contributed by atoms with van der Waals surface area (Å²) in [6, 6.07) is 3.66. The number of hydrogen-bond acceptors (Lipinski definition) is 3. The van der Waals surface area contributed by atoms with Gasteiger partial charge in [0.25, 0.3) is 0 Å². The minimum absolute atomic E-state index is 0.227. The molecule has 1 heterocycles. The Morgan fingerprint density at radius 1 is 1.32 bits per heavy atom. The van der Waals surface area contributed by atoms with Crippen LogP contribution < -0.4 is 4.90 Å². The number of rotatable bonds is 4. The van der Waals surface area contributed by atoms with Crippen LogP contribution in [0.5, 0.6) is 5.75 Å². The highest BCUT2D eigenvalue weighted by Gasteiger charge is 2.12. The molecule has 0 saturated carbocycles. The fourth-order valence-electron chi connectivity index (χ4n) is 1.98. The summed E-state index contributed by atoms with van der Waals surface area (Å²) in [6.07, 6.45) is 1.73. The quantitative estimate of drug-likeness (QED) is 0.757. The van der Waals surface area contributed by atoms with Crippen LogP contribution in [0, 0.1) is 0 Å². The predicted molar refractivity (Wildman–Crippen MR) is 82.4 cm³/mol. The molecule has 2 rings (SSSR count). The molecule has 1 fully saturated rings. The maximum atomic E-state index is 9.89. The molecule has 0 bridgehead atoms. The Bertz CT molecular complexity index is 460. The summed E-state index contributed by atoms with van der Waals surface area (Å²) in [7, 11) is 0. The summed E-state index contributed by atoms with van der Waals surface area (Å²) in [4.78, 5) is 5.92. The van der Waals surface area contributed by atoms with Crippen LogP contribution >= 0.6 is 31.9 Å². The van der Waals surface area contributed by atoms with Crippen molar-refractivity contribution < 1.29 is 14.7 Å². The number of hydrogen-bond donors (Lipinski definition) is 2. The number of nitrogens with one attached hydrogen (secondary N) is 1. The number of phenols is 1. The van der Waals surface area contributed by atoms with Crippen molar-refractivity contribution in [2.45, 2.75) is 0 Å². The second-order valence-electron chi connectivity index (χ2n) is 4.47. The van der Waals surface area contributed by atoms with Crippen LogP contribution in [0.15, 0.2) is 26.1 Å². The predicted octanol–water partition coefficient (Wildman–Crippen LogP) is 1.25. The third-order valence-corrected chi connectivity index (χ3v) is 4.14. The van der Waals surface area contributed by atoms with Gasteiger partial charge in [0.15, 0.2) is 0 Å². The fourth-order valence-corrected chi connectivity index (χ4v) is 3.24. The Morgan fingerprint density at radius 3 is 2.79 bits per heavy atom. The van der Waals surface area contributed by atoms with Gasteiger partial charge in [-0.3, -0.25) is 4.99 Å². The third-order valence-electron chi connectivity index (χ3n) is 3.08. The number of aromatic hydroxyl groups is 1. The minimum Gasteiger partial charge on any atom is -0.506 e. The van der Waals surface area contributed by atoms with Gasteiger partial charge in [-0.05, 0) is 28.1 Å². The summed E-state index contributed by atoms with van der Waals surface area (Å²) in [5, 5.41) is 9.89. The fraction of sp³-hybridized carbons (Fsp3) is 0.462. The number of quaternary nitrogens is 1. The van der Waals surface area contributed by atoms with E-state index in [1.54, 1.807) is 6.21 Å². The number of morpholine rings is 1. The zero-order valence-corrected chi connectivity index (χ0v) is 13.7. The number of halogens is 2. The molecule has 0 aromatic heterocycles. The van der Waals surface area contributed by atoms with Crippen molar-refractivity contribution in [3.05, 3.63) is 26.6 Å². The van der Waals surface area contributed by atoms with E-state index < -0.39 is 0 Å². The lowest BCUT2D eigenvalue weighted by Crippen LogP contribution is -3.14. The van der Waals surface area contributed by atoms with Crippen LogP contribution in [-0.2, 0) is 4.74 Å². The number of ether oxygens (including phenoxy) is 1.